The number of carbonyl (C=O) groups excluding carboxylic acids is 1. The largest absolute Gasteiger partial charge is 0.416 e. The van der Waals surface area contributed by atoms with Crippen LogP contribution in [-0.4, -0.2) is 5.91 Å². The molecular weight excluding hydrogens is 281 g/mol. The second-order valence-corrected chi connectivity index (χ2v) is 4.39. The molecule has 2 rings (SSSR count). The van der Waals surface area contributed by atoms with Crippen molar-refractivity contribution in [1.82, 2.24) is 0 Å². The maximum atomic E-state index is 12.9. The lowest BCUT2D eigenvalue weighted by Crippen LogP contribution is -2.15. The highest BCUT2D eigenvalue weighted by Gasteiger charge is 2.33. The van der Waals surface area contributed by atoms with E-state index in [0.29, 0.717) is 5.56 Å². The minimum absolute atomic E-state index is 0.0137. The van der Waals surface area contributed by atoms with Gasteiger partial charge in [-0.1, -0.05) is 24.3 Å². The van der Waals surface area contributed by atoms with Crippen molar-refractivity contribution in [1.29, 1.82) is 0 Å². The number of anilines is 1. The molecule has 3 N–H and O–H groups in total. The average Bonchev–Trinajstić information content (AvgIpc) is 2.47. The third-order valence-corrected chi connectivity index (χ3v) is 2.93. The van der Waals surface area contributed by atoms with Gasteiger partial charge in [-0.15, -0.1) is 0 Å². The number of nitrogens with one attached hydrogen (secondary N) is 1. The molecule has 0 fully saturated rings. The Bertz CT molecular complexity index is 639. The predicted molar refractivity (Wildman–Crippen MR) is 73.7 cm³/mol. The molecule has 0 bridgehead atoms. The Morgan fingerprint density at radius 3 is 2.33 bits per heavy atom. The lowest BCUT2D eigenvalue weighted by molar-refractivity contribution is -0.138. The zero-order valence-electron chi connectivity index (χ0n) is 10.9. The van der Waals surface area contributed by atoms with Crippen LogP contribution in [0.5, 0.6) is 0 Å². The van der Waals surface area contributed by atoms with E-state index in [2.05, 4.69) is 5.32 Å². The fourth-order valence-corrected chi connectivity index (χ4v) is 1.89. The van der Waals surface area contributed by atoms with Crippen LogP contribution in [0.15, 0.2) is 48.5 Å². The van der Waals surface area contributed by atoms with Crippen LogP contribution < -0.4 is 11.1 Å². The van der Waals surface area contributed by atoms with E-state index in [0.717, 1.165) is 6.07 Å². The zero-order chi connectivity index (χ0) is 15.5. The third kappa shape index (κ3) is 3.61. The molecule has 3 nitrogen and oxygen atoms in total. The van der Waals surface area contributed by atoms with E-state index in [1.54, 1.807) is 30.3 Å². The van der Waals surface area contributed by atoms with Crippen LogP contribution in [0.1, 0.15) is 21.5 Å². The Morgan fingerprint density at radius 1 is 1.10 bits per heavy atom. The van der Waals surface area contributed by atoms with Gasteiger partial charge in [-0.3, -0.25) is 4.79 Å². The number of nitrogens with two attached hydrogens (primary N) is 1. The first kappa shape index (κ1) is 15.1. The second kappa shape index (κ2) is 5.97. The number of halogens is 3. The molecule has 0 aliphatic carbocycles. The van der Waals surface area contributed by atoms with Gasteiger partial charge in [0.15, 0.2) is 0 Å². The van der Waals surface area contributed by atoms with Crippen molar-refractivity contribution >= 4 is 11.6 Å². The Hall–Kier alpha value is -2.34. The monoisotopic (exact) mass is 294 g/mol. The van der Waals surface area contributed by atoms with Gasteiger partial charge in [0.05, 0.1) is 5.56 Å². The van der Waals surface area contributed by atoms with Gasteiger partial charge in [0, 0.05) is 17.8 Å². The van der Waals surface area contributed by atoms with E-state index < -0.39 is 17.6 Å². The van der Waals surface area contributed by atoms with Gasteiger partial charge in [-0.25, -0.2) is 0 Å². The number of hydrogen-bond acceptors (Lipinski definition) is 2. The number of benzene rings is 2. The predicted octanol–water partition coefficient (Wildman–Crippen LogP) is 3.42. The van der Waals surface area contributed by atoms with Crippen molar-refractivity contribution < 1.29 is 18.0 Å². The van der Waals surface area contributed by atoms with Crippen molar-refractivity contribution in [3.05, 3.63) is 65.2 Å². The minimum Gasteiger partial charge on any atom is -0.326 e. The molecule has 0 unspecified atom stereocenters. The SMILES string of the molecule is NCc1ccc(NC(=O)c2ccccc2)cc1C(F)(F)F. The molecule has 6 heteroatoms. The number of amides is 1. The van der Waals surface area contributed by atoms with Crippen LogP contribution in [0.4, 0.5) is 18.9 Å². The van der Waals surface area contributed by atoms with Crippen molar-refractivity contribution in [2.45, 2.75) is 12.7 Å². The molecule has 0 saturated heterocycles. The molecule has 21 heavy (non-hydrogen) atoms. The molecule has 0 aliphatic rings. The summed E-state index contributed by atoms with van der Waals surface area (Å²) in [5.41, 5.74) is 4.90. The van der Waals surface area contributed by atoms with Gasteiger partial charge in [-0.2, -0.15) is 13.2 Å². The molecule has 0 saturated carbocycles. The van der Waals surface area contributed by atoms with Gasteiger partial charge >= 0.3 is 6.18 Å². The average molecular weight is 294 g/mol. The van der Waals surface area contributed by atoms with E-state index in [1.165, 1.54) is 12.1 Å². The van der Waals surface area contributed by atoms with Crippen LogP contribution in [0, 0.1) is 0 Å². The Balaban J connectivity index is 2.28. The fraction of sp³-hybridized carbons (Fsp3) is 0.133. The normalized spacial score (nSPS) is 11.2. The van der Waals surface area contributed by atoms with E-state index in [1.807, 2.05) is 0 Å². The highest BCUT2D eigenvalue weighted by molar-refractivity contribution is 6.04. The first-order chi connectivity index (χ1) is 9.91. The second-order valence-electron chi connectivity index (χ2n) is 4.39. The fourth-order valence-electron chi connectivity index (χ4n) is 1.89. The number of alkyl halides is 3. The number of hydrogen-bond donors (Lipinski definition) is 2. The third-order valence-electron chi connectivity index (χ3n) is 2.93. The summed E-state index contributed by atoms with van der Waals surface area (Å²) >= 11 is 0. The quantitative estimate of drug-likeness (QED) is 0.911. The van der Waals surface area contributed by atoms with Crippen LogP contribution in [-0.2, 0) is 12.7 Å². The topological polar surface area (TPSA) is 55.1 Å². The van der Waals surface area contributed by atoms with Crippen molar-refractivity contribution in [2.75, 3.05) is 5.32 Å². The molecule has 0 atom stereocenters. The van der Waals surface area contributed by atoms with E-state index in [-0.39, 0.29) is 17.8 Å². The summed E-state index contributed by atoms with van der Waals surface area (Å²) in [5, 5.41) is 2.44. The lowest BCUT2D eigenvalue weighted by Gasteiger charge is -2.14. The van der Waals surface area contributed by atoms with Crippen LogP contribution in [0.3, 0.4) is 0 Å². The van der Waals surface area contributed by atoms with E-state index >= 15 is 0 Å². The molecule has 0 aromatic heterocycles. The van der Waals surface area contributed by atoms with Gasteiger partial charge < -0.3 is 11.1 Å². The van der Waals surface area contributed by atoms with E-state index in [4.69, 9.17) is 5.73 Å². The van der Waals surface area contributed by atoms with Gasteiger partial charge in [-0.05, 0) is 29.8 Å². The summed E-state index contributed by atoms with van der Waals surface area (Å²) < 4.78 is 38.7. The first-order valence-corrected chi connectivity index (χ1v) is 6.18. The first-order valence-electron chi connectivity index (χ1n) is 6.18. The Kier molecular flexibility index (Phi) is 4.28. The van der Waals surface area contributed by atoms with Gasteiger partial charge in [0.1, 0.15) is 0 Å². The van der Waals surface area contributed by atoms with Gasteiger partial charge in [0.2, 0.25) is 0 Å². The summed E-state index contributed by atoms with van der Waals surface area (Å²) in [6.07, 6.45) is -4.51. The number of rotatable bonds is 3. The smallest absolute Gasteiger partial charge is 0.326 e. The maximum absolute atomic E-state index is 12.9. The lowest BCUT2D eigenvalue weighted by atomic mass is 10.1. The van der Waals surface area contributed by atoms with Crippen molar-refractivity contribution in [2.24, 2.45) is 5.73 Å². The maximum Gasteiger partial charge on any atom is 0.416 e. The molecule has 0 spiro atoms. The zero-order valence-corrected chi connectivity index (χ0v) is 10.9. The Morgan fingerprint density at radius 2 is 1.76 bits per heavy atom. The number of carbonyl (C=O) groups is 1. The van der Waals surface area contributed by atoms with Crippen molar-refractivity contribution in [3.63, 3.8) is 0 Å². The molecule has 110 valence electrons. The highest BCUT2D eigenvalue weighted by Crippen LogP contribution is 2.33. The van der Waals surface area contributed by atoms with Gasteiger partial charge in [0.25, 0.3) is 5.91 Å². The molecule has 2 aromatic rings. The van der Waals surface area contributed by atoms with Crippen molar-refractivity contribution in [3.8, 4) is 0 Å². The van der Waals surface area contributed by atoms with E-state index in [9.17, 15) is 18.0 Å². The highest BCUT2D eigenvalue weighted by atomic mass is 19.4. The molecular formula is C15H13F3N2O. The Labute approximate surface area is 119 Å². The summed E-state index contributed by atoms with van der Waals surface area (Å²) in [6, 6.07) is 11.8. The van der Waals surface area contributed by atoms with Crippen LogP contribution >= 0.6 is 0 Å². The summed E-state index contributed by atoms with van der Waals surface area (Å²) in [6.45, 7) is -0.220. The molecule has 0 heterocycles. The van der Waals surface area contributed by atoms with Crippen LogP contribution in [0.25, 0.3) is 0 Å². The summed E-state index contributed by atoms with van der Waals surface area (Å²) in [4.78, 5) is 11.9. The summed E-state index contributed by atoms with van der Waals surface area (Å²) in [5.74, 6) is -0.468. The molecule has 0 aliphatic heterocycles. The molecule has 0 radical (unpaired) electrons. The van der Waals surface area contributed by atoms with Crippen LogP contribution in [0.2, 0.25) is 0 Å². The summed E-state index contributed by atoms with van der Waals surface area (Å²) in [7, 11) is 0. The molecule has 2 aromatic carbocycles. The standard InChI is InChI=1S/C15H13F3N2O/c16-15(17,18)13-8-12(7-6-11(13)9-19)20-14(21)10-4-2-1-3-5-10/h1-8H,9,19H2,(H,20,21). The minimum atomic E-state index is -4.51. The molecule has 1 amide bonds.